The first kappa shape index (κ1) is 19.3. The van der Waals surface area contributed by atoms with Gasteiger partial charge in [-0.05, 0) is 17.7 Å². The van der Waals surface area contributed by atoms with Crippen molar-refractivity contribution in [1.29, 1.82) is 0 Å². The number of non-ortho nitro benzene ring substituents is 1. The van der Waals surface area contributed by atoms with E-state index in [9.17, 15) is 18.5 Å². The van der Waals surface area contributed by atoms with Crippen molar-refractivity contribution in [3.63, 3.8) is 0 Å². The van der Waals surface area contributed by atoms with Crippen molar-refractivity contribution >= 4 is 32.2 Å². The Kier molecular flexibility index (Phi) is 5.16. The second-order valence-corrected chi connectivity index (χ2v) is 8.88. The molecule has 8 nitrogen and oxygen atoms in total. The molecular formula is C20H20N4O4S. The summed E-state index contributed by atoms with van der Waals surface area (Å²) in [5.74, 6) is -0.0139. The summed E-state index contributed by atoms with van der Waals surface area (Å²) in [6, 6.07) is 14.1. The molecule has 2 aromatic carbocycles. The molecule has 3 aromatic rings. The number of rotatable bonds is 5. The largest absolute Gasteiger partial charge is 0.368 e. The maximum Gasteiger partial charge on any atom is 0.278 e. The van der Waals surface area contributed by atoms with Gasteiger partial charge in [-0.3, -0.25) is 15.1 Å². The highest BCUT2D eigenvalue weighted by Gasteiger charge is 2.28. The van der Waals surface area contributed by atoms with Crippen LogP contribution in [-0.4, -0.2) is 48.8 Å². The molecule has 1 fully saturated rings. The predicted molar refractivity (Wildman–Crippen MR) is 111 cm³/mol. The van der Waals surface area contributed by atoms with Gasteiger partial charge >= 0.3 is 0 Å². The van der Waals surface area contributed by atoms with Gasteiger partial charge in [0.2, 0.25) is 10.0 Å². The third kappa shape index (κ3) is 3.92. The topological polar surface area (TPSA) is 96.6 Å². The molecule has 150 valence electrons. The van der Waals surface area contributed by atoms with Gasteiger partial charge in [-0.2, -0.15) is 4.31 Å². The third-order valence-electron chi connectivity index (χ3n) is 5.13. The first-order valence-corrected chi connectivity index (χ1v) is 10.8. The van der Waals surface area contributed by atoms with Crippen LogP contribution in [0.5, 0.6) is 0 Å². The highest BCUT2D eigenvalue weighted by molar-refractivity contribution is 7.88. The minimum atomic E-state index is -3.40. The summed E-state index contributed by atoms with van der Waals surface area (Å²) in [5, 5.41) is 12.5. The number of fused-ring (bicyclic) bond motifs is 1. The number of aromatic nitrogens is 1. The van der Waals surface area contributed by atoms with Crippen LogP contribution in [0.3, 0.4) is 0 Å². The van der Waals surface area contributed by atoms with Gasteiger partial charge in [0.05, 0.1) is 16.1 Å². The fourth-order valence-corrected chi connectivity index (χ4v) is 5.19. The Morgan fingerprint density at radius 1 is 0.966 bits per heavy atom. The SMILES string of the molecule is O=[N+]([O-])c1ccc(N2CCN(S(=O)(=O)Cc3ccccc3)CC2)c2ccncc12. The molecule has 0 radical (unpaired) electrons. The van der Waals surface area contributed by atoms with E-state index < -0.39 is 14.9 Å². The normalized spacial score (nSPS) is 15.5. The summed E-state index contributed by atoms with van der Waals surface area (Å²) in [6.45, 7) is 1.78. The molecular weight excluding hydrogens is 392 g/mol. The number of hydrogen-bond donors (Lipinski definition) is 0. The van der Waals surface area contributed by atoms with Crippen molar-refractivity contribution < 1.29 is 13.3 Å². The lowest BCUT2D eigenvalue weighted by Gasteiger charge is -2.36. The number of anilines is 1. The molecule has 1 saturated heterocycles. The Bertz CT molecular complexity index is 1140. The molecule has 0 bridgehead atoms. The van der Waals surface area contributed by atoms with E-state index in [1.54, 1.807) is 18.3 Å². The summed E-state index contributed by atoms with van der Waals surface area (Å²) in [4.78, 5) is 17.0. The van der Waals surface area contributed by atoms with Gasteiger partial charge in [0.15, 0.2) is 0 Å². The Balaban J connectivity index is 1.53. The zero-order valence-corrected chi connectivity index (χ0v) is 16.5. The van der Waals surface area contributed by atoms with E-state index in [-0.39, 0.29) is 11.4 Å². The van der Waals surface area contributed by atoms with Crippen LogP contribution in [0.4, 0.5) is 11.4 Å². The number of benzene rings is 2. The Labute approximate surface area is 168 Å². The Morgan fingerprint density at radius 3 is 2.38 bits per heavy atom. The van der Waals surface area contributed by atoms with Gasteiger partial charge in [-0.25, -0.2) is 8.42 Å². The second-order valence-electron chi connectivity index (χ2n) is 6.91. The molecule has 1 aliphatic heterocycles. The van der Waals surface area contributed by atoms with E-state index in [1.807, 2.05) is 30.3 Å². The number of sulfonamides is 1. The smallest absolute Gasteiger partial charge is 0.278 e. The minimum absolute atomic E-state index is 0.0139. The molecule has 0 unspecified atom stereocenters. The van der Waals surface area contributed by atoms with Crippen molar-refractivity contribution in [2.24, 2.45) is 0 Å². The molecule has 0 N–H and O–H groups in total. The molecule has 0 saturated carbocycles. The van der Waals surface area contributed by atoms with Crippen LogP contribution in [0, 0.1) is 10.1 Å². The van der Waals surface area contributed by atoms with Crippen molar-refractivity contribution in [3.05, 3.63) is 76.6 Å². The summed E-state index contributed by atoms with van der Waals surface area (Å²) in [5.41, 5.74) is 1.64. The highest BCUT2D eigenvalue weighted by atomic mass is 32.2. The van der Waals surface area contributed by atoms with Crippen LogP contribution in [-0.2, 0) is 15.8 Å². The molecule has 2 heterocycles. The lowest BCUT2D eigenvalue weighted by atomic mass is 10.1. The number of nitro groups is 1. The summed E-state index contributed by atoms with van der Waals surface area (Å²) in [7, 11) is -3.40. The number of hydrogen-bond acceptors (Lipinski definition) is 6. The van der Waals surface area contributed by atoms with E-state index in [2.05, 4.69) is 9.88 Å². The summed E-state index contributed by atoms with van der Waals surface area (Å²) < 4.78 is 27.0. The molecule has 1 aliphatic rings. The fourth-order valence-electron chi connectivity index (χ4n) is 3.68. The van der Waals surface area contributed by atoms with Crippen molar-refractivity contribution in [3.8, 4) is 0 Å². The van der Waals surface area contributed by atoms with E-state index in [1.165, 1.54) is 16.6 Å². The Morgan fingerprint density at radius 2 is 1.69 bits per heavy atom. The van der Waals surface area contributed by atoms with Crippen LogP contribution < -0.4 is 4.90 Å². The first-order valence-electron chi connectivity index (χ1n) is 9.23. The molecule has 0 atom stereocenters. The number of nitro benzene ring substituents is 1. The van der Waals surface area contributed by atoms with Crippen molar-refractivity contribution in [1.82, 2.24) is 9.29 Å². The zero-order chi connectivity index (χ0) is 20.4. The maximum absolute atomic E-state index is 12.8. The quantitative estimate of drug-likeness (QED) is 0.472. The molecule has 0 spiro atoms. The third-order valence-corrected chi connectivity index (χ3v) is 6.98. The van der Waals surface area contributed by atoms with Crippen LogP contribution in [0.1, 0.15) is 5.56 Å². The number of piperazine rings is 1. The zero-order valence-electron chi connectivity index (χ0n) is 15.6. The lowest BCUT2D eigenvalue weighted by Crippen LogP contribution is -2.49. The van der Waals surface area contributed by atoms with E-state index in [0.717, 1.165) is 16.6 Å². The monoisotopic (exact) mass is 412 g/mol. The van der Waals surface area contributed by atoms with E-state index in [4.69, 9.17) is 0 Å². The molecule has 1 aromatic heterocycles. The average Bonchev–Trinajstić information content (AvgIpc) is 2.73. The molecule has 4 rings (SSSR count). The van der Waals surface area contributed by atoms with Crippen LogP contribution in [0.25, 0.3) is 10.8 Å². The minimum Gasteiger partial charge on any atom is -0.368 e. The predicted octanol–water partition coefficient (Wildman–Crippen LogP) is 2.80. The first-order chi connectivity index (χ1) is 14.0. The number of pyridine rings is 1. The molecule has 9 heteroatoms. The average molecular weight is 412 g/mol. The van der Waals surface area contributed by atoms with E-state index >= 15 is 0 Å². The van der Waals surface area contributed by atoms with Gasteiger partial charge in [0, 0.05) is 55.7 Å². The van der Waals surface area contributed by atoms with Gasteiger partial charge < -0.3 is 4.90 Å². The Hall–Kier alpha value is -3.04. The van der Waals surface area contributed by atoms with Crippen molar-refractivity contribution in [2.75, 3.05) is 31.1 Å². The standard InChI is InChI=1S/C20H20N4O4S/c25-24(26)20-7-6-19(17-8-9-21-14-18(17)20)22-10-12-23(13-11-22)29(27,28)15-16-4-2-1-3-5-16/h1-9,14H,10-13,15H2. The van der Waals surface area contributed by atoms with Gasteiger partial charge in [-0.1, -0.05) is 30.3 Å². The fraction of sp³-hybridized carbons (Fsp3) is 0.250. The van der Waals surface area contributed by atoms with Gasteiger partial charge in [0.1, 0.15) is 0 Å². The van der Waals surface area contributed by atoms with Crippen molar-refractivity contribution in [2.45, 2.75) is 5.75 Å². The summed E-state index contributed by atoms with van der Waals surface area (Å²) in [6.07, 6.45) is 3.10. The second kappa shape index (κ2) is 7.76. The van der Waals surface area contributed by atoms with Crippen LogP contribution in [0.2, 0.25) is 0 Å². The number of nitrogens with zero attached hydrogens (tertiary/aromatic N) is 4. The lowest BCUT2D eigenvalue weighted by molar-refractivity contribution is -0.383. The van der Waals surface area contributed by atoms with E-state index in [0.29, 0.717) is 31.6 Å². The van der Waals surface area contributed by atoms with Crippen LogP contribution >= 0.6 is 0 Å². The summed E-state index contributed by atoms with van der Waals surface area (Å²) >= 11 is 0. The maximum atomic E-state index is 12.8. The molecule has 0 amide bonds. The molecule has 0 aliphatic carbocycles. The highest BCUT2D eigenvalue weighted by Crippen LogP contribution is 2.33. The van der Waals surface area contributed by atoms with Gasteiger partial charge in [0.25, 0.3) is 5.69 Å². The molecule has 29 heavy (non-hydrogen) atoms. The van der Waals surface area contributed by atoms with Gasteiger partial charge in [-0.15, -0.1) is 0 Å². The van der Waals surface area contributed by atoms with Crippen LogP contribution in [0.15, 0.2) is 60.9 Å².